The van der Waals surface area contributed by atoms with Crippen LogP contribution in [-0.4, -0.2) is 15.0 Å². The zero-order valence-corrected chi connectivity index (χ0v) is 25.2. The summed E-state index contributed by atoms with van der Waals surface area (Å²) in [6.07, 6.45) is 0. The Labute approximate surface area is 269 Å². The molecule has 0 atom stereocenters. The van der Waals surface area contributed by atoms with Gasteiger partial charge < -0.3 is 4.42 Å². The van der Waals surface area contributed by atoms with E-state index in [2.05, 4.69) is 121 Å². The first-order valence-electron chi connectivity index (χ1n) is 15.8. The van der Waals surface area contributed by atoms with Crippen molar-refractivity contribution in [2.24, 2.45) is 0 Å². The standard InChI is InChI=1S/C43H25N3O/c1-4-15-30-26(11-1)23-24-27-13-9-19-34(39(27)30)41-44-42(35-20-10-22-38-40(35)33-18-7-8-21-37(33)47-38)46-43(45-41)36-25-28-12-2-3-14-29(28)31-16-5-6-17-32(31)36/h1-25H. The Kier molecular flexibility index (Phi) is 5.54. The molecule has 10 aromatic rings. The second-order valence-corrected chi connectivity index (χ2v) is 12.0. The number of aromatic nitrogens is 3. The topological polar surface area (TPSA) is 51.8 Å². The van der Waals surface area contributed by atoms with Gasteiger partial charge in [-0.25, -0.2) is 15.0 Å². The summed E-state index contributed by atoms with van der Waals surface area (Å²) in [6, 6.07) is 52.7. The van der Waals surface area contributed by atoms with Crippen molar-refractivity contribution in [2.45, 2.75) is 0 Å². The average molecular weight is 600 g/mol. The molecule has 0 spiro atoms. The van der Waals surface area contributed by atoms with Gasteiger partial charge in [0, 0.05) is 32.8 Å². The molecule has 4 nitrogen and oxygen atoms in total. The van der Waals surface area contributed by atoms with Crippen molar-refractivity contribution in [1.29, 1.82) is 0 Å². The summed E-state index contributed by atoms with van der Waals surface area (Å²) < 4.78 is 6.28. The number of hydrogen-bond acceptors (Lipinski definition) is 4. The molecule has 0 N–H and O–H groups in total. The second-order valence-electron chi connectivity index (χ2n) is 12.0. The Bertz CT molecular complexity index is 2840. The normalized spacial score (nSPS) is 11.8. The van der Waals surface area contributed by atoms with Crippen molar-refractivity contribution in [2.75, 3.05) is 0 Å². The predicted octanol–water partition coefficient (Wildman–Crippen LogP) is 11.4. The van der Waals surface area contributed by atoms with Crippen LogP contribution in [0, 0.1) is 0 Å². The van der Waals surface area contributed by atoms with Crippen LogP contribution in [0.4, 0.5) is 0 Å². The van der Waals surface area contributed by atoms with Crippen molar-refractivity contribution in [1.82, 2.24) is 15.0 Å². The molecule has 10 rings (SSSR count). The van der Waals surface area contributed by atoms with Gasteiger partial charge in [-0.3, -0.25) is 0 Å². The number of fused-ring (bicyclic) bond motifs is 9. The van der Waals surface area contributed by atoms with E-state index in [1.165, 1.54) is 21.5 Å². The molecule has 0 aliphatic rings. The van der Waals surface area contributed by atoms with E-state index in [-0.39, 0.29) is 0 Å². The molecule has 0 saturated heterocycles. The van der Waals surface area contributed by atoms with Gasteiger partial charge in [-0.15, -0.1) is 0 Å². The minimum atomic E-state index is 0.608. The number of benzene rings is 8. The van der Waals surface area contributed by atoms with Crippen LogP contribution in [0.2, 0.25) is 0 Å². The van der Waals surface area contributed by atoms with E-state index in [9.17, 15) is 0 Å². The highest BCUT2D eigenvalue weighted by atomic mass is 16.3. The molecule has 47 heavy (non-hydrogen) atoms. The summed E-state index contributed by atoms with van der Waals surface area (Å²) in [6.45, 7) is 0. The Morgan fingerprint density at radius 2 is 0.851 bits per heavy atom. The van der Waals surface area contributed by atoms with Gasteiger partial charge in [-0.1, -0.05) is 133 Å². The highest BCUT2D eigenvalue weighted by Gasteiger charge is 2.20. The monoisotopic (exact) mass is 599 g/mol. The van der Waals surface area contributed by atoms with Crippen LogP contribution in [-0.2, 0) is 0 Å². The molecule has 0 aliphatic carbocycles. The lowest BCUT2D eigenvalue weighted by atomic mass is 9.96. The first-order chi connectivity index (χ1) is 23.3. The molecule has 0 unspecified atom stereocenters. The Hall–Kier alpha value is -6.39. The van der Waals surface area contributed by atoms with Gasteiger partial charge in [0.1, 0.15) is 11.2 Å². The minimum Gasteiger partial charge on any atom is -0.456 e. The molecule has 0 amide bonds. The lowest BCUT2D eigenvalue weighted by Crippen LogP contribution is -2.01. The first-order valence-corrected chi connectivity index (χ1v) is 15.8. The van der Waals surface area contributed by atoms with E-state index in [4.69, 9.17) is 19.4 Å². The largest absolute Gasteiger partial charge is 0.456 e. The first kappa shape index (κ1) is 25.9. The van der Waals surface area contributed by atoms with Crippen LogP contribution in [0.1, 0.15) is 0 Å². The number of furan rings is 1. The lowest BCUT2D eigenvalue weighted by Gasteiger charge is -2.14. The molecule has 0 radical (unpaired) electrons. The maximum atomic E-state index is 6.28. The van der Waals surface area contributed by atoms with E-state index in [0.717, 1.165) is 60.2 Å². The van der Waals surface area contributed by atoms with Crippen LogP contribution in [0.15, 0.2) is 156 Å². The van der Waals surface area contributed by atoms with Gasteiger partial charge in [-0.2, -0.15) is 0 Å². The third-order valence-electron chi connectivity index (χ3n) is 9.30. The van der Waals surface area contributed by atoms with E-state index < -0.39 is 0 Å². The molecule has 0 bridgehead atoms. The van der Waals surface area contributed by atoms with Crippen molar-refractivity contribution >= 4 is 65.0 Å². The molecule has 8 aromatic carbocycles. The highest BCUT2D eigenvalue weighted by Crippen LogP contribution is 2.40. The molecule has 2 heterocycles. The smallest absolute Gasteiger partial charge is 0.164 e. The van der Waals surface area contributed by atoms with Crippen LogP contribution >= 0.6 is 0 Å². The van der Waals surface area contributed by atoms with Crippen molar-refractivity contribution in [3.8, 4) is 34.2 Å². The molecule has 0 aliphatic heterocycles. The maximum absolute atomic E-state index is 6.28. The van der Waals surface area contributed by atoms with Crippen molar-refractivity contribution in [3.63, 3.8) is 0 Å². The molecule has 0 fully saturated rings. The fraction of sp³-hybridized carbons (Fsp3) is 0. The third kappa shape index (κ3) is 3.98. The molecule has 4 heteroatoms. The average Bonchev–Trinajstić information content (AvgIpc) is 3.53. The SMILES string of the molecule is c1ccc2c(c1)cc(-c1nc(-c3cccc4ccc5ccccc5c34)nc(-c3cccc4oc5ccccc5c34)n1)c1ccccc12. The van der Waals surface area contributed by atoms with Crippen LogP contribution in [0.5, 0.6) is 0 Å². The maximum Gasteiger partial charge on any atom is 0.164 e. The minimum absolute atomic E-state index is 0.608. The molecule has 0 saturated carbocycles. The molecule has 2 aromatic heterocycles. The predicted molar refractivity (Wildman–Crippen MR) is 193 cm³/mol. The number of hydrogen-bond donors (Lipinski definition) is 0. The van der Waals surface area contributed by atoms with Crippen LogP contribution < -0.4 is 0 Å². The summed E-state index contributed by atoms with van der Waals surface area (Å²) >= 11 is 0. The summed E-state index contributed by atoms with van der Waals surface area (Å²) in [5.41, 5.74) is 4.50. The van der Waals surface area contributed by atoms with E-state index >= 15 is 0 Å². The second kappa shape index (κ2) is 10.1. The summed E-state index contributed by atoms with van der Waals surface area (Å²) in [5, 5.41) is 11.3. The Morgan fingerprint density at radius 1 is 0.319 bits per heavy atom. The zero-order chi connectivity index (χ0) is 30.9. The zero-order valence-electron chi connectivity index (χ0n) is 25.2. The van der Waals surface area contributed by atoms with Gasteiger partial charge in [-0.05, 0) is 55.9 Å². The molecule has 218 valence electrons. The third-order valence-corrected chi connectivity index (χ3v) is 9.30. The van der Waals surface area contributed by atoms with Crippen molar-refractivity contribution in [3.05, 3.63) is 152 Å². The molecular weight excluding hydrogens is 574 g/mol. The van der Waals surface area contributed by atoms with E-state index in [1.807, 2.05) is 30.3 Å². The van der Waals surface area contributed by atoms with E-state index in [1.54, 1.807) is 0 Å². The summed E-state index contributed by atoms with van der Waals surface area (Å²) in [5.74, 6) is 1.87. The fourth-order valence-electron chi connectivity index (χ4n) is 7.18. The quantitative estimate of drug-likeness (QED) is 0.190. The lowest BCUT2D eigenvalue weighted by molar-refractivity contribution is 0.669. The van der Waals surface area contributed by atoms with Crippen LogP contribution in [0.25, 0.3) is 99.2 Å². The van der Waals surface area contributed by atoms with Crippen molar-refractivity contribution < 1.29 is 4.42 Å². The number of para-hydroxylation sites is 1. The van der Waals surface area contributed by atoms with Crippen LogP contribution in [0.3, 0.4) is 0 Å². The van der Waals surface area contributed by atoms with Gasteiger partial charge in [0.25, 0.3) is 0 Å². The Morgan fingerprint density at radius 3 is 1.66 bits per heavy atom. The van der Waals surface area contributed by atoms with E-state index in [0.29, 0.717) is 17.5 Å². The fourth-order valence-corrected chi connectivity index (χ4v) is 7.18. The Balaban J connectivity index is 1.34. The highest BCUT2D eigenvalue weighted by molar-refractivity contribution is 6.16. The van der Waals surface area contributed by atoms with Gasteiger partial charge in [0.2, 0.25) is 0 Å². The summed E-state index contributed by atoms with van der Waals surface area (Å²) in [4.78, 5) is 15.8. The summed E-state index contributed by atoms with van der Waals surface area (Å²) in [7, 11) is 0. The number of nitrogens with zero attached hydrogens (tertiary/aromatic N) is 3. The van der Waals surface area contributed by atoms with Gasteiger partial charge in [0.05, 0.1) is 0 Å². The molecular formula is C43H25N3O. The van der Waals surface area contributed by atoms with Gasteiger partial charge in [0.15, 0.2) is 17.5 Å². The number of rotatable bonds is 3. The van der Waals surface area contributed by atoms with Gasteiger partial charge >= 0.3 is 0 Å².